The van der Waals surface area contributed by atoms with Crippen LogP contribution in [0.25, 0.3) is 15.5 Å². The third kappa shape index (κ3) is 4.83. The minimum atomic E-state index is -3.56. The maximum Gasteiger partial charge on any atom is 0.275 e. The molecule has 0 aliphatic carbocycles. The van der Waals surface area contributed by atoms with Crippen LogP contribution in [0.5, 0.6) is 0 Å². The van der Waals surface area contributed by atoms with Gasteiger partial charge < -0.3 is 0 Å². The Bertz CT molecular complexity index is 1560. The first-order valence-electron chi connectivity index (χ1n) is 11.7. The molecule has 2 aromatic heterocycles. The molecule has 1 fully saturated rings. The van der Waals surface area contributed by atoms with E-state index in [0.717, 1.165) is 16.9 Å². The molecule has 36 heavy (non-hydrogen) atoms. The van der Waals surface area contributed by atoms with E-state index in [4.69, 9.17) is 0 Å². The second-order valence-corrected chi connectivity index (χ2v) is 12.0. The number of benzene rings is 2. The fraction of sp³-hybridized carbons (Fsp3) is 0.320. The Labute approximate surface area is 212 Å². The van der Waals surface area contributed by atoms with Crippen molar-refractivity contribution < 1.29 is 12.8 Å². The smallest absolute Gasteiger partial charge is 0.275 e. The lowest BCUT2D eigenvalue weighted by Gasteiger charge is -2.33. The second kappa shape index (κ2) is 9.81. The van der Waals surface area contributed by atoms with E-state index in [0.29, 0.717) is 64.8 Å². The van der Waals surface area contributed by atoms with Gasteiger partial charge in [-0.3, -0.25) is 9.69 Å². The third-order valence-corrected chi connectivity index (χ3v) is 9.16. The standard InChI is InChI=1S/C25H26FN5O3S2/c1-17(2)18-7-9-20(10-8-18)36(33,34)30-13-11-29(12-14-30)16-19-15-23(32)31-25(27-19)35-24(28-31)21-5-3-4-6-22(21)26/h3-10,15,17H,11-14,16H2,1-2H3. The molecule has 2 aromatic carbocycles. The molecule has 8 nitrogen and oxygen atoms in total. The van der Waals surface area contributed by atoms with Crippen LogP contribution >= 0.6 is 11.3 Å². The van der Waals surface area contributed by atoms with Gasteiger partial charge in [0.05, 0.1) is 10.6 Å². The zero-order valence-electron chi connectivity index (χ0n) is 20.0. The van der Waals surface area contributed by atoms with Crippen LogP contribution < -0.4 is 5.56 Å². The van der Waals surface area contributed by atoms with E-state index < -0.39 is 15.8 Å². The minimum absolute atomic E-state index is 0.302. The third-order valence-electron chi connectivity index (χ3n) is 6.30. The van der Waals surface area contributed by atoms with Crippen molar-refractivity contribution in [3.8, 4) is 10.6 Å². The average molecular weight is 528 g/mol. The second-order valence-electron chi connectivity index (χ2n) is 9.07. The molecule has 0 N–H and O–H groups in total. The molecule has 0 unspecified atom stereocenters. The lowest BCUT2D eigenvalue weighted by molar-refractivity contribution is 0.180. The van der Waals surface area contributed by atoms with Crippen LogP contribution in [0.15, 0.2) is 64.3 Å². The predicted octanol–water partition coefficient (Wildman–Crippen LogP) is 3.59. The van der Waals surface area contributed by atoms with Crippen LogP contribution in [0.2, 0.25) is 0 Å². The molecule has 188 valence electrons. The van der Waals surface area contributed by atoms with Crippen LogP contribution in [0.4, 0.5) is 4.39 Å². The van der Waals surface area contributed by atoms with Crippen LogP contribution in [0, 0.1) is 5.82 Å². The quantitative estimate of drug-likeness (QED) is 0.381. The lowest BCUT2D eigenvalue weighted by atomic mass is 10.0. The fourth-order valence-electron chi connectivity index (χ4n) is 4.21. The van der Waals surface area contributed by atoms with Gasteiger partial charge in [0.2, 0.25) is 15.0 Å². The Hall–Kier alpha value is -2.99. The Morgan fingerprint density at radius 3 is 2.39 bits per heavy atom. The predicted molar refractivity (Wildman–Crippen MR) is 137 cm³/mol. The number of nitrogens with zero attached hydrogens (tertiary/aromatic N) is 5. The first-order chi connectivity index (χ1) is 17.2. The van der Waals surface area contributed by atoms with Crippen molar-refractivity contribution in [2.75, 3.05) is 26.2 Å². The van der Waals surface area contributed by atoms with Crippen molar-refractivity contribution in [2.24, 2.45) is 0 Å². The highest BCUT2D eigenvalue weighted by Crippen LogP contribution is 2.27. The topological polar surface area (TPSA) is 87.9 Å². The summed E-state index contributed by atoms with van der Waals surface area (Å²) >= 11 is 1.15. The average Bonchev–Trinajstić information content (AvgIpc) is 3.29. The number of piperazine rings is 1. The van der Waals surface area contributed by atoms with E-state index in [1.54, 1.807) is 30.3 Å². The molecule has 0 spiro atoms. The van der Waals surface area contributed by atoms with Crippen LogP contribution in [0.1, 0.15) is 31.0 Å². The van der Waals surface area contributed by atoms with E-state index in [1.807, 2.05) is 12.1 Å². The van der Waals surface area contributed by atoms with Gasteiger partial charge in [-0.1, -0.05) is 49.4 Å². The minimum Gasteiger partial charge on any atom is -0.295 e. The molecule has 3 heterocycles. The van der Waals surface area contributed by atoms with E-state index >= 15 is 0 Å². The van der Waals surface area contributed by atoms with Crippen molar-refractivity contribution >= 4 is 26.3 Å². The number of sulfonamides is 1. The fourth-order valence-corrected chi connectivity index (χ4v) is 6.58. The van der Waals surface area contributed by atoms with E-state index in [1.165, 1.54) is 21.0 Å². The van der Waals surface area contributed by atoms with Crippen LogP contribution in [-0.4, -0.2) is 58.4 Å². The van der Waals surface area contributed by atoms with Gasteiger partial charge in [0.1, 0.15) is 5.82 Å². The maximum absolute atomic E-state index is 14.2. The molecule has 0 atom stereocenters. The maximum atomic E-state index is 14.2. The van der Waals surface area contributed by atoms with Gasteiger partial charge in [0.15, 0.2) is 5.01 Å². The molecule has 5 rings (SSSR count). The van der Waals surface area contributed by atoms with Gasteiger partial charge >= 0.3 is 0 Å². The summed E-state index contributed by atoms with van der Waals surface area (Å²) in [5.74, 6) is -0.0734. The highest BCUT2D eigenvalue weighted by molar-refractivity contribution is 7.89. The summed E-state index contributed by atoms with van der Waals surface area (Å²) < 4.78 is 43.0. The van der Waals surface area contributed by atoms with E-state index in [9.17, 15) is 17.6 Å². The molecule has 11 heteroatoms. The van der Waals surface area contributed by atoms with Gasteiger partial charge in [-0.05, 0) is 35.7 Å². The number of hydrogen-bond acceptors (Lipinski definition) is 7. The van der Waals surface area contributed by atoms with Crippen molar-refractivity contribution in [1.29, 1.82) is 0 Å². The van der Waals surface area contributed by atoms with Gasteiger partial charge in [-0.25, -0.2) is 17.8 Å². The molecular weight excluding hydrogens is 501 g/mol. The number of hydrogen-bond donors (Lipinski definition) is 0. The zero-order valence-corrected chi connectivity index (χ0v) is 21.6. The Morgan fingerprint density at radius 2 is 1.72 bits per heavy atom. The summed E-state index contributed by atoms with van der Waals surface area (Å²) in [5.41, 5.74) is 1.66. The molecule has 0 saturated carbocycles. The normalized spacial score (nSPS) is 15.7. The number of aromatic nitrogens is 3. The van der Waals surface area contributed by atoms with Gasteiger partial charge in [0, 0.05) is 44.4 Å². The number of halogens is 1. The van der Waals surface area contributed by atoms with Crippen molar-refractivity contribution in [2.45, 2.75) is 31.2 Å². The summed E-state index contributed by atoms with van der Waals surface area (Å²) in [4.78, 5) is 20.0. The first-order valence-corrected chi connectivity index (χ1v) is 14.0. The van der Waals surface area contributed by atoms with Gasteiger partial charge in [-0.15, -0.1) is 0 Å². The molecular formula is C25H26FN5O3S2. The van der Waals surface area contributed by atoms with E-state index in [2.05, 4.69) is 28.8 Å². The summed E-state index contributed by atoms with van der Waals surface area (Å²) in [6.07, 6.45) is 0. The zero-order chi connectivity index (χ0) is 25.4. The first kappa shape index (κ1) is 24.7. The highest BCUT2D eigenvalue weighted by atomic mass is 32.2. The Balaban J connectivity index is 1.28. The molecule has 0 radical (unpaired) electrons. The Morgan fingerprint density at radius 1 is 1.03 bits per heavy atom. The van der Waals surface area contributed by atoms with Gasteiger partial charge in [0.25, 0.3) is 5.56 Å². The summed E-state index contributed by atoms with van der Waals surface area (Å²) in [6.45, 7) is 6.30. The SMILES string of the molecule is CC(C)c1ccc(S(=O)(=O)N2CCN(Cc3cc(=O)n4nc(-c5ccccc5F)sc4n3)CC2)cc1. The van der Waals surface area contributed by atoms with Gasteiger partial charge in [-0.2, -0.15) is 13.9 Å². The lowest BCUT2D eigenvalue weighted by Crippen LogP contribution is -2.48. The number of rotatable bonds is 6. The summed E-state index contributed by atoms with van der Waals surface area (Å²) in [5, 5.41) is 4.63. The van der Waals surface area contributed by atoms with Crippen molar-refractivity contribution in [3.05, 3.63) is 82.0 Å². The van der Waals surface area contributed by atoms with E-state index in [-0.39, 0.29) is 5.56 Å². The highest BCUT2D eigenvalue weighted by Gasteiger charge is 2.29. The molecule has 1 aliphatic rings. The molecule has 1 aliphatic heterocycles. The summed E-state index contributed by atoms with van der Waals surface area (Å²) in [6, 6.07) is 14.8. The summed E-state index contributed by atoms with van der Waals surface area (Å²) in [7, 11) is -3.56. The molecule has 0 bridgehead atoms. The largest absolute Gasteiger partial charge is 0.295 e. The van der Waals surface area contributed by atoms with Crippen LogP contribution in [0.3, 0.4) is 0 Å². The Kier molecular flexibility index (Phi) is 6.73. The monoisotopic (exact) mass is 527 g/mol. The number of fused-ring (bicyclic) bond motifs is 1. The van der Waals surface area contributed by atoms with Crippen LogP contribution in [-0.2, 0) is 16.6 Å². The molecule has 4 aromatic rings. The van der Waals surface area contributed by atoms with Crippen molar-refractivity contribution in [3.63, 3.8) is 0 Å². The molecule has 0 amide bonds. The molecule has 1 saturated heterocycles. The van der Waals surface area contributed by atoms with Crippen molar-refractivity contribution in [1.82, 2.24) is 23.8 Å².